The predicted molar refractivity (Wildman–Crippen MR) is 68.1 cm³/mol. The summed E-state index contributed by atoms with van der Waals surface area (Å²) in [5, 5.41) is 3.49. The standard InChI is InChI=1S/C13H21N3O/c1-16(2)7-8-17-13-10-14-6-5-11(13)9-15-12-3-4-12/h5-6,10,12,15H,3-4,7-9H2,1-2H3. The van der Waals surface area contributed by atoms with Crippen LogP contribution in [0, 0.1) is 0 Å². The Labute approximate surface area is 103 Å². The van der Waals surface area contributed by atoms with E-state index < -0.39 is 0 Å². The second kappa shape index (κ2) is 5.98. The van der Waals surface area contributed by atoms with Crippen molar-refractivity contribution in [1.82, 2.24) is 15.2 Å². The van der Waals surface area contributed by atoms with Gasteiger partial charge in [-0.2, -0.15) is 0 Å². The lowest BCUT2D eigenvalue weighted by atomic mass is 10.2. The van der Waals surface area contributed by atoms with Crippen LogP contribution in [0.15, 0.2) is 18.5 Å². The molecule has 0 amide bonds. The van der Waals surface area contributed by atoms with Crippen LogP contribution in [0.2, 0.25) is 0 Å². The summed E-state index contributed by atoms with van der Waals surface area (Å²) in [6, 6.07) is 2.75. The van der Waals surface area contributed by atoms with Gasteiger partial charge in [0, 0.05) is 30.9 Å². The zero-order chi connectivity index (χ0) is 12.1. The lowest BCUT2D eigenvalue weighted by Gasteiger charge is -2.13. The van der Waals surface area contributed by atoms with Crippen LogP contribution in [-0.2, 0) is 6.54 Å². The van der Waals surface area contributed by atoms with Crippen molar-refractivity contribution in [2.75, 3.05) is 27.2 Å². The van der Waals surface area contributed by atoms with Crippen LogP contribution >= 0.6 is 0 Å². The number of pyridine rings is 1. The van der Waals surface area contributed by atoms with Crippen molar-refractivity contribution in [1.29, 1.82) is 0 Å². The molecule has 1 saturated carbocycles. The molecule has 1 N–H and O–H groups in total. The van der Waals surface area contributed by atoms with Gasteiger partial charge in [0.2, 0.25) is 0 Å². The van der Waals surface area contributed by atoms with Gasteiger partial charge in [-0.05, 0) is 33.0 Å². The van der Waals surface area contributed by atoms with E-state index in [0.717, 1.165) is 24.9 Å². The van der Waals surface area contributed by atoms with Crippen molar-refractivity contribution in [3.05, 3.63) is 24.0 Å². The molecular formula is C13H21N3O. The Bertz CT molecular complexity index is 350. The molecule has 0 aliphatic heterocycles. The van der Waals surface area contributed by atoms with Crippen molar-refractivity contribution in [2.45, 2.75) is 25.4 Å². The summed E-state index contributed by atoms with van der Waals surface area (Å²) in [4.78, 5) is 6.23. The third-order valence-corrected chi connectivity index (χ3v) is 2.82. The number of likely N-dealkylation sites (N-methyl/N-ethyl adjacent to an activating group) is 1. The van der Waals surface area contributed by atoms with E-state index in [9.17, 15) is 0 Å². The fraction of sp³-hybridized carbons (Fsp3) is 0.615. The minimum Gasteiger partial charge on any atom is -0.490 e. The van der Waals surface area contributed by atoms with Gasteiger partial charge >= 0.3 is 0 Å². The molecule has 0 bridgehead atoms. The smallest absolute Gasteiger partial charge is 0.142 e. The van der Waals surface area contributed by atoms with E-state index >= 15 is 0 Å². The van der Waals surface area contributed by atoms with E-state index in [4.69, 9.17) is 4.74 Å². The molecule has 1 aromatic heterocycles. The van der Waals surface area contributed by atoms with Crippen molar-refractivity contribution < 1.29 is 4.74 Å². The van der Waals surface area contributed by atoms with Gasteiger partial charge in [0.05, 0.1) is 6.20 Å². The van der Waals surface area contributed by atoms with Gasteiger partial charge in [0.15, 0.2) is 0 Å². The van der Waals surface area contributed by atoms with Crippen LogP contribution in [0.4, 0.5) is 0 Å². The lowest BCUT2D eigenvalue weighted by molar-refractivity contribution is 0.258. The molecule has 0 aromatic carbocycles. The molecule has 0 radical (unpaired) electrons. The van der Waals surface area contributed by atoms with Crippen LogP contribution < -0.4 is 10.1 Å². The van der Waals surface area contributed by atoms with Crippen molar-refractivity contribution in [2.24, 2.45) is 0 Å². The molecule has 4 nitrogen and oxygen atoms in total. The molecule has 17 heavy (non-hydrogen) atoms. The molecule has 1 aromatic rings. The highest BCUT2D eigenvalue weighted by Gasteiger charge is 2.20. The number of hydrogen-bond donors (Lipinski definition) is 1. The quantitative estimate of drug-likeness (QED) is 0.772. The van der Waals surface area contributed by atoms with Gasteiger partial charge in [0.25, 0.3) is 0 Å². The molecule has 1 aliphatic carbocycles. The first-order valence-corrected chi connectivity index (χ1v) is 6.19. The molecule has 2 rings (SSSR count). The molecule has 94 valence electrons. The van der Waals surface area contributed by atoms with Gasteiger partial charge in [0.1, 0.15) is 12.4 Å². The molecule has 0 unspecified atom stereocenters. The predicted octanol–water partition coefficient (Wildman–Crippen LogP) is 1.27. The first-order valence-electron chi connectivity index (χ1n) is 6.19. The molecule has 0 spiro atoms. The number of nitrogens with one attached hydrogen (secondary N) is 1. The Morgan fingerprint density at radius 2 is 2.29 bits per heavy atom. The summed E-state index contributed by atoms with van der Waals surface area (Å²) in [5.74, 6) is 0.905. The Hall–Kier alpha value is -1.13. The second-order valence-electron chi connectivity index (χ2n) is 4.79. The molecular weight excluding hydrogens is 214 g/mol. The van der Waals surface area contributed by atoms with Gasteiger partial charge in [-0.1, -0.05) is 0 Å². The molecule has 1 heterocycles. The summed E-state index contributed by atoms with van der Waals surface area (Å²) in [7, 11) is 4.09. The van der Waals surface area contributed by atoms with Gasteiger partial charge < -0.3 is 15.0 Å². The normalized spacial score (nSPS) is 15.2. The number of hydrogen-bond acceptors (Lipinski definition) is 4. The van der Waals surface area contributed by atoms with E-state index in [1.54, 1.807) is 6.20 Å². The Morgan fingerprint density at radius 3 is 3.00 bits per heavy atom. The highest BCUT2D eigenvalue weighted by atomic mass is 16.5. The minimum atomic E-state index is 0.703. The average molecular weight is 235 g/mol. The van der Waals surface area contributed by atoms with Gasteiger partial charge in [-0.25, -0.2) is 0 Å². The maximum absolute atomic E-state index is 5.76. The Balaban J connectivity index is 1.85. The van der Waals surface area contributed by atoms with Gasteiger partial charge in [-0.3, -0.25) is 4.98 Å². The van der Waals surface area contributed by atoms with E-state index in [-0.39, 0.29) is 0 Å². The zero-order valence-electron chi connectivity index (χ0n) is 10.6. The third-order valence-electron chi connectivity index (χ3n) is 2.82. The van der Waals surface area contributed by atoms with E-state index in [2.05, 4.69) is 15.2 Å². The average Bonchev–Trinajstić information content (AvgIpc) is 3.11. The highest BCUT2D eigenvalue weighted by molar-refractivity contribution is 5.29. The summed E-state index contributed by atoms with van der Waals surface area (Å²) in [6.45, 7) is 2.50. The third kappa shape index (κ3) is 4.32. The number of rotatable bonds is 7. The highest BCUT2D eigenvalue weighted by Crippen LogP contribution is 2.21. The van der Waals surface area contributed by atoms with Crippen molar-refractivity contribution in [3.63, 3.8) is 0 Å². The van der Waals surface area contributed by atoms with Crippen LogP contribution in [0.3, 0.4) is 0 Å². The fourth-order valence-corrected chi connectivity index (χ4v) is 1.56. The maximum Gasteiger partial charge on any atom is 0.142 e. The van der Waals surface area contributed by atoms with Crippen LogP contribution in [0.25, 0.3) is 0 Å². The molecule has 0 saturated heterocycles. The fourth-order valence-electron chi connectivity index (χ4n) is 1.56. The summed E-state index contributed by atoms with van der Waals surface area (Å²) in [6.07, 6.45) is 6.24. The Morgan fingerprint density at radius 1 is 1.47 bits per heavy atom. The molecule has 0 atom stereocenters. The first-order chi connectivity index (χ1) is 8.25. The topological polar surface area (TPSA) is 37.4 Å². The van der Waals surface area contributed by atoms with Crippen LogP contribution in [0.1, 0.15) is 18.4 Å². The van der Waals surface area contributed by atoms with E-state index in [0.29, 0.717) is 6.61 Å². The van der Waals surface area contributed by atoms with E-state index in [1.165, 1.54) is 18.4 Å². The number of ether oxygens (including phenoxy) is 1. The minimum absolute atomic E-state index is 0.703. The van der Waals surface area contributed by atoms with E-state index in [1.807, 2.05) is 26.4 Å². The maximum atomic E-state index is 5.76. The van der Waals surface area contributed by atoms with Crippen molar-refractivity contribution in [3.8, 4) is 5.75 Å². The SMILES string of the molecule is CN(C)CCOc1cnccc1CNC1CC1. The van der Waals surface area contributed by atoms with Crippen molar-refractivity contribution >= 4 is 0 Å². The lowest BCUT2D eigenvalue weighted by Crippen LogP contribution is -2.20. The largest absolute Gasteiger partial charge is 0.490 e. The summed E-state index contributed by atoms with van der Waals surface area (Å²) in [5.41, 5.74) is 1.20. The first kappa shape index (κ1) is 12.3. The molecule has 4 heteroatoms. The summed E-state index contributed by atoms with van der Waals surface area (Å²) < 4.78 is 5.76. The molecule has 1 fully saturated rings. The number of aromatic nitrogens is 1. The second-order valence-corrected chi connectivity index (χ2v) is 4.79. The monoisotopic (exact) mass is 235 g/mol. The summed E-state index contributed by atoms with van der Waals surface area (Å²) >= 11 is 0. The van der Waals surface area contributed by atoms with Gasteiger partial charge in [-0.15, -0.1) is 0 Å². The molecule has 1 aliphatic rings. The van der Waals surface area contributed by atoms with Crippen LogP contribution in [0.5, 0.6) is 5.75 Å². The number of nitrogens with zero attached hydrogens (tertiary/aromatic N) is 2. The van der Waals surface area contributed by atoms with Crippen LogP contribution in [-0.4, -0.2) is 43.2 Å². The Kier molecular flexibility index (Phi) is 4.34. The zero-order valence-corrected chi connectivity index (χ0v) is 10.6.